The second-order valence-electron chi connectivity index (χ2n) is 6.05. The molecule has 0 atom stereocenters. The number of benzene rings is 2. The van der Waals surface area contributed by atoms with E-state index in [1.54, 1.807) is 0 Å². The predicted octanol–water partition coefficient (Wildman–Crippen LogP) is 5.07. The lowest BCUT2D eigenvalue weighted by Crippen LogP contribution is -2.32. The first-order valence-electron chi connectivity index (χ1n) is 7.30. The molecule has 0 spiro atoms. The second-order valence-corrected chi connectivity index (χ2v) is 6.05. The van der Waals surface area contributed by atoms with Gasteiger partial charge in [-0.2, -0.15) is 0 Å². The summed E-state index contributed by atoms with van der Waals surface area (Å²) in [5, 5.41) is 3.58. The van der Waals surface area contributed by atoms with E-state index in [9.17, 15) is 0 Å². The van der Waals surface area contributed by atoms with E-state index >= 15 is 0 Å². The van der Waals surface area contributed by atoms with Gasteiger partial charge in [0, 0.05) is 17.7 Å². The lowest BCUT2D eigenvalue weighted by atomic mass is 9.96. The minimum Gasteiger partial charge on any atom is -0.378 e. The largest absolute Gasteiger partial charge is 0.378 e. The van der Waals surface area contributed by atoms with Gasteiger partial charge in [-0.1, -0.05) is 48.5 Å². The third-order valence-electron chi connectivity index (χ3n) is 3.53. The Labute approximate surface area is 126 Å². The summed E-state index contributed by atoms with van der Waals surface area (Å²) in [6.07, 6.45) is 5.15. The Kier molecular flexibility index (Phi) is 3.61. The molecule has 1 heterocycles. The minimum atomic E-state index is -0.00748. The molecule has 0 amide bonds. The number of nitrogens with one attached hydrogen (secondary N) is 1. The fourth-order valence-electron chi connectivity index (χ4n) is 2.59. The molecule has 0 unspecified atom stereocenters. The summed E-state index contributed by atoms with van der Waals surface area (Å²) in [5.74, 6) is 0. The zero-order valence-corrected chi connectivity index (χ0v) is 12.5. The van der Waals surface area contributed by atoms with Crippen molar-refractivity contribution in [2.24, 2.45) is 4.99 Å². The number of nitrogens with zero attached hydrogens (tertiary/aromatic N) is 1. The van der Waals surface area contributed by atoms with Gasteiger partial charge in [-0.25, -0.2) is 0 Å². The van der Waals surface area contributed by atoms with Crippen molar-refractivity contribution >= 4 is 23.2 Å². The molecule has 2 aromatic carbocycles. The van der Waals surface area contributed by atoms with E-state index in [4.69, 9.17) is 4.99 Å². The van der Waals surface area contributed by atoms with Crippen LogP contribution in [0.25, 0.3) is 6.08 Å². The Morgan fingerprint density at radius 3 is 2.48 bits per heavy atom. The van der Waals surface area contributed by atoms with Crippen LogP contribution >= 0.6 is 0 Å². The van der Waals surface area contributed by atoms with Crippen LogP contribution in [0.5, 0.6) is 0 Å². The first-order chi connectivity index (χ1) is 10.1. The zero-order chi connectivity index (χ0) is 14.7. The number of allylic oxidation sites excluding steroid dienone is 1. The highest BCUT2D eigenvalue weighted by atomic mass is 15.0. The molecule has 106 valence electrons. The van der Waals surface area contributed by atoms with Crippen molar-refractivity contribution in [2.45, 2.75) is 25.8 Å². The van der Waals surface area contributed by atoms with Crippen molar-refractivity contribution in [1.82, 2.24) is 0 Å². The van der Waals surface area contributed by atoms with Gasteiger partial charge in [-0.15, -0.1) is 0 Å². The van der Waals surface area contributed by atoms with Gasteiger partial charge >= 0.3 is 0 Å². The first-order valence-corrected chi connectivity index (χ1v) is 7.30. The van der Waals surface area contributed by atoms with Crippen LogP contribution in [0.4, 0.5) is 11.4 Å². The van der Waals surface area contributed by atoms with Crippen molar-refractivity contribution < 1.29 is 0 Å². The average Bonchev–Trinajstić information content (AvgIpc) is 2.60. The molecule has 0 aliphatic carbocycles. The highest BCUT2D eigenvalue weighted by Gasteiger charge is 2.23. The van der Waals surface area contributed by atoms with Crippen molar-refractivity contribution in [3.8, 4) is 0 Å². The second kappa shape index (κ2) is 5.57. The molecule has 0 saturated carbocycles. The molecule has 0 radical (unpaired) electrons. The predicted molar refractivity (Wildman–Crippen MR) is 91.3 cm³/mol. The molecule has 0 bridgehead atoms. The van der Waals surface area contributed by atoms with Crippen molar-refractivity contribution in [3.05, 3.63) is 66.2 Å². The topological polar surface area (TPSA) is 24.4 Å². The molecule has 3 rings (SSSR count). The number of para-hydroxylation sites is 2. The zero-order valence-electron chi connectivity index (χ0n) is 12.5. The number of hydrogen-bond donors (Lipinski definition) is 1. The lowest BCUT2D eigenvalue weighted by Gasteiger charge is -2.25. The molecule has 1 aliphatic rings. The molecule has 2 heteroatoms. The van der Waals surface area contributed by atoms with E-state index < -0.39 is 0 Å². The van der Waals surface area contributed by atoms with E-state index in [0.717, 1.165) is 23.5 Å². The van der Waals surface area contributed by atoms with Gasteiger partial charge in [0.25, 0.3) is 0 Å². The summed E-state index contributed by atoms with van der Waals surface area (Å²) in [6, 6.07) is 18.6. The molecule has 1 N–H and O–H groups in total. The van der Waals surface area contributed by atoms with Crippen LogP contribution < -0.4 is 5.32 Å². The van der Waals surface area contributed by atoms with Crippen LogP contribution in [-0.2, 0) is 0 Å². The summed E-state index contributed by atoms with van der Waals surface area (Å²) in [7, 11) is 0. The average molecular weight is 276 g/mol. The summed E-state index contributed by atoms with van der Waals surface area (Å²) >= 11 is 0. The van der Waals surface area contributed by atoms with Crippen LogP contribution in [0.3, 0.4) is 0 Å². The third-order valence-corrected chi connectivity index (χ3v) is 3.53. The monoisotopic (exact) mass is 276 g/mol. The van der Waals surface area contributed by atoms with E-state index in [2.05, 4.69) is 67.7 Å². The van der Waals surface area contributed by atoms with Gasteiger partial charge in [-0.3, -0.25) is 4.99 Å². The molecular weight excluding hydrogens is 256 g/mol. The summed E-state index contributed by atoms with van der Waals surface area (Å²) in [5.41, 5.74) is 4.40. The Morgan fingerprint density at radius 1 is 0.952 bits per heavy atom. The molecule has 0 saturated heterocycles. The fraction of sp³-hybridized carbons (Fsp3) is 0.211. The lowest BCUT2D eigenvalue weighted by molar-refractivity contribution is 0.596. The van der Waals surface area contributed by atoms with Crippen LogP contribution in [0.1, 0.15) is 25.8 Å². The van der Waals surface area contributed by atoms with Gasteiger partial charge in [0.2, 0.25) is 0 Å². The molecular formula is C19H20N2. The van der Waals surface area contributed by atoms with Gasteiger partial charge in [-0.05, 0) is 37.6 Å². The Hall–Kier alpha value is -2.35. The SMILES string of the molecule is CC1(C)CC(C=Cc2ccccc2)=Nc2ccccc2N1. The first kappa shape index (κ1) is 13.6. The molecule has 1 aliphatic heterocycles. The molecule has 2 aromatic rings. The number of aliphatic imine (C=N–C) groups is 1. The normalized spacial score (nSPS) is 16.8. The molecule has 2 nitrogen and oxygen atoms in total. The van der Waals surface area contributed by atoms with Gasteiger partial charge in [0.15, 0.2) is 0 Å². The number of hydrogen-bond acceptors (Lipinski definition) is 2. The van der Waals surface area contributed by atoms with E-state index in [1.807, 2.05) is 18.2 Å². The highest BCUT2D eigenvalue weighted by molar-refractivity contribution is 6.02. The number of rotatable bonds is 2. The Balaban J connectivity index is 1.94. The summed E-state index contributed by atoms with van der Waals surface area (Å²) < 4.78 is 0. The van der Waals surface area contributed by atoms with Gasteiger partial charge in [0.05, 0.1) is 11.4 Å². The van der Waals surface area contributed by atoms with Crippen molar-refractivity contribution in [2.75, 3.05) is 5.32 Å². The maximum atomic E-state index is 4.82. The quantitative estimate of drug-likeness (QED) is 0.814. The minimum absolute atomic E-state index is 0.00748. The van der Waals surface area contributed by atoms with E-state index in [0.29, 0.717) is 0 Å². The van der Waals surface area contributed by atoms with E-state index in [1.165, 1.54) is 5.56 Å². The van der Waals surface area contributed by atoms with Crippen molar-refractivity contribution in [3.63, 3.8) is 0 Å². The molecule has 0 aromatic heterocycles. The summed E-state index contributed by atoms with van der Waals surface area (Å²) in [4.78, 5) is 4.82. The Bertz CT molecular complexity index is 682. The summed E-state index contributed by atoms with van der Waals surface area (Å²) in [6.45, 7) is 4.42. The van der Waals surface area contributed by atoms with Crippen LogP contribution in [-0.4, -0.2) is 11.3 Å². The number of fused-ring (bicyclic) bond motifs is 1. The highest BCUT2D eigenvalue weighted by Crippen LogP contribution is 2.32. The number of anilines is 1. The van der Waals surface area contributed by atoms with Crippen molar-refractivity contribution in [1.29, 1.82) is 0 Å². The van der Waals surface area contributed by atoms with Gasteiger partial charge < -0.3 is 5.32 Å². The van der Waals surface area contributed by atoms with Crippen LogP contribution in [0.2, 0.25) is 0 Å². The Morgan fingerprint density at radius 2 is 1.67 bits per heavy atom. The third kappa shape index (κ3) is 3.40. The fourth-order valence-corrected chi connectivity index (χ4v) is 2.59. The van der Waals surface area contributed by atoms with Crippen LogP contribution in [0, 0.1) is 0 Å². The maximum Gasteiger partial charge on any atom is 0.0864 e. The smallest absolute Gasteiger partial charge is 0.0864 e. The van der Waals surface area contributed by atoms with E-state index in [-0.39, 0.29) is 5.54 Å². The van der Waals surface area contributed by atoms with Crippen LogP contribution in [0.15, 0.2) is 65.7 Å². The molecule has 0 fully saturated rings. The standard InChI is InChI=1S/C19H20N2/c1-19(2)14-16(13-12-15-8-4-3-5-9-15)20-17-10-6-7-11-18(17)21-19/h3-13,21H,14H2,1-2H3. The van der Waals surface area contributed by atoms with Gasteiger partial charge in [0.1, 0.15) is 0 Å². The molecule has 21 heavy (non-hydrogen) atoms. The maximum absolute atomic E-state index is 4.82.